The number of fused-ring (bicyclic) bond motifs is 1. The molecule has 0 atom stereocenters. The van der Waals surface area contributed by atoms with Crippen molar-refractivity contribution in [1.82, 2.24) is 9.55 Å². The maximum Gasteiger partial charge on any atom is 0.136 e. The van der Waals surface area contributed by atoms with E-state index < -0.39 is 0 Å². The van der Waals surface area contributed by atoms with Crippen LogP contribution in [0.15, 0.2) is 42.5 Å². The van der Waals surface area contributed by atoms with Gasteiger partial charge in [-0.2, -0.15) is 0 Å². The van der Waals surface area contributed by atoms with Crippen LogP contribution in [-0.4, -0.2) is 21.3 Å². The summed E-state index contributed by atoms with van der Waals surface area (Å²) in [6, 6.07) is 14.3. The number of nitrogens with zero attached hydrogens (tertiary/aromatic N) is 2. The largest absolute Gasteiger partial charge is 0.494 e. The van der Waals surface area contributed by atoms with E-state index in [0.29, 0.717) is 19.0 Å². The van der Waals surface area contributed by atoms with Gasteiger partial charge in [0, 0.05) is 12.6 Å². The van der Waals surface area contributed by atoms with E-state index in [0.717, 1.165) is 16.8 Å². The summed E-state index contributed by atoms with van der Waals surface area (Å²) >= 11 is 0. The number of benzene rings is 2. The third kappa shape index (κ3) is 2.83. The lowest BCUT2D eigenvalue weighted by atomic mass is 10.1. The van der Waals surface area contributed by atoms with Crippen LogP contribution in [0, 0.1) is 6.92 Å². The minimum atomic E-state index is -0.0789. The zero-order chi connectivity index (χ0) is 15.5. The molecule has 3 rings (SSSR count). The van der Waals surface area contributed by atoms with Crippen molar-refractivity contribution < 1.29 is 9.84 Å². The molecule has 0 aliphatic carbocycles. The van der Waals surface area contributed by atoms with Gasteiger partial charge in [0.25, 0.3) is 0 Å². The topological polar surface area (TPSA) is 47.3 Å². The van der Waals surface area contributed by atoms with Crippen molar-refractivity contribution in [3.05, 3.63) is 59.4 Å². The van der Waals surface area contributed by atoms with Gasteiger partial charge in [0.05, 0.1) is 17.6 Å². The first-order chi connectivity index (χ1) is 10.7. The molecule has 0 saturated heterocycles. The van der Waals surface area contributed by atoms with Crippen molar-refractivity contribution in [2.45, 2.75) is 27.0 Å². The Morgan fingerprint density at radius 2 is 1.91 bits per heavy atom. The van der Waals surface area contributed by atoms with Crippen LogP contribution >= 0.6 is 0 Å². The van der Waals surface area contributed by atoms with Crippen molar-refractivity contribution in [2.24, 2.45) is 0 Å². The van der Waals surface area contributed by atoms with Gasteiger partial charge in [-0.05, 0) is 31.5 Å². The van der Waals surface area contributed by atoms with Crippen molar-refractivity contribution in [1.29, 1.82) is 0 Å². The lowest BCUT2D eigenvalue weighted by Gasteiger charge is -2.09. The Balaban J connectivity index is 2.01. The Morgan fingerprint density at radius 3 is 2.59 bits per heavy atom. The normalized spacial score (nSPS) is 11.0. The number of hydrogen-bond acceptors (Lipinski definition) is 3. The van der Waals surface area contributed by atoms with Crippen molar-refractivity contribution >= 4 is 11.0 Å². The van der Waals surface area contributed by atoms with Crippen LogP contribution in [-0.2, 0) is 13.2 Å². The predicted molar refractivity (Wildman–Crippen MR) is 87.1 cm³/mol. The third-order valence-electron chi connectivity index (χ3n) is 3.71. The third-order valence-corrected chi connectivity index (χ3v) is 3.71. The number of imidazole rings is 1. The van der Waals surface area contributed by atoms with Gasteiger partial charge in [-0.15, -0.1) is 0 Å². The van der Waals surface area contributed by atoms with Crippen LogP contribution in [0.3, 0.4) is 0 Å². The first-order valence-corrected chi connectivity index (χ1v) is 7.49. The lowest BCUT2D eigenvalue weighted by molar-refractivity contribution is 0.267. The maximum absolute atomic E-state index is 9.60. The summed E-state index contributed by atoms with van der Waals surface area (Å²) in [4.78, 5) is 4.52. The fraction of sp³-hybridized carbons (Fsp3) is 0.278. The van der Waals surface area contributed by atoms with Crippen LogP contribution in [0.25, 0.3) is 11.0 Å². The number of aliphatic hydroxyl groups is 1. The molecule has 0 spiro atoms. The average Bonchev–Trinajstić information content (AvgIpc) is 2.87. The van der Waals surface area contributed by atoms with E-state index in [9.17, 15) is 5.11 Å². The van der Waals surface area contributed by atoms with Gasteiger partial charge >= 0.3 is 0 Å². The number of aliphatic hydroxyl groups excluding tert-OH is 1. The monoisotopic (exact) mass is 296 g/mol. The summed E-state index contributed by atoms with van der Waals surface area (Å²) in [5, 5.41) is 9.60. The minimum Gasteiger partial charge on any atom is -0.494 e. The molecule has 0 saturated carbocycles. The molecular weight excluding hydrogens is 276 g/mol. The minimum absolute atomic E-state index is 0.0789. The maximum atomic E-state index is 9.60. The molecule has 0 amide bonds. The Kier molecular flexibility index (Phi) is 4.11. The van der Waals surface area contributed by atoms with Crippen LogP contribution in [0.5, 0.6) is 5.75 Å². The number of aryl methyl sites for hydroxylation is 1. The molecule has 0 bridgehead atoms. The van der Waals surface area contributed by atoms with Crippen LogP contribution < -0.4 is 4.74 Å². The van der Waals surface area contributed by atoms with Crippen molar-refractivity contribution in [3.8, 4) is 5.75 Å². The number of hydrogen-bond donors (Lipinski definition) is 1. The molecule has 0 radical (unpaired) electrons. The molecule has 0 aliphatic heterocycles. The number of ether oxygens (including phenoxy) is 1. The molecule has 4 heteroatoms. The predicted octanol–water partition coefficient (Wildman–Crippen LogP) is 3.28. The second kappa shape index (κ2) is 6.20. The Hall–Kier alpha value is -2.33. The summed E-state index contributed by atoms with van der Waals surface area (Å²) in [7, 11) is 0. The lowest BCUT2D eigenvalue weighted by Crippen LogP contribution is -2.05. The smallest absolute Gasteiger partial charge is 0.136 e. The van der Waals surface area contributed by atoms with E-state index >= 15 is 0 Å². The summed E-state index contributed by atoms with van der Waals surface area (Å²) in [5.41, 5.74) is 4.28. The number of aromatic nitrogens is 2. The van der Waals surface area contributed by atoms with E-state index in [1.165, 1.54) is 11.1 Å². The summed E-state index contributed by atoms with van der Waals surface area (Å²) in [6.07, 6.45) is 0. The van der Waals surface area contributed by atoms with Gasteiger partial charge < -0.3 is 14.4 Å². The Morgan fingerprint density at radius 1 is 1.14 bits per heavy atom. The van der Waals surface area contributed by atoms with Crippen molar-refractivity contribution in [2.75, 3.05) is 6.61 Å². The Bertz CT molecular complexity index is 776. The van der Waals surface area contributed by atoms with Gasteiger partial charge in [0.15, 0.2) is 0 Å². The standard InChI is InChI=1S/C18H20N2O2/c1-3-22-15-8-9-17-16(10-15)19-18(12-21)20(17)11-14-6-4-13(2)5-7-14/h4-10,21H,3,11-12H2,1-2H3. The second-order valence-electron chi connectivity index (χ2n) is 5.34. The molecule has 0 aliphatic rings. The highest BCUT2D eigenvalue weighted by Gasteiger charge is 2.11. The van der Waals surface area contributed by atoms with E-state index in [2.05, 4.69) is 40.7 Å². The van der Waals surface area contributed by atoms with Crippen LogP contribution in [0.2, 0.25) is 0 Å². The van der Waals surface area contributed by atoms with Gasteiger partial charge in [0.1, 0.15) is 18.2 Å². The molecule has 2 aromatic carbocycles. The van der Waals surface area contributed by atoms with Crippen LogP contribution in [0.4, 0.5) is 0 Å². The van der Waals surface area contributed by atoms with E-state index in [1.807, 2.05) is 25.1 Å². The molecule has 1 aromatic heterocycles. The van der Waals surface area contributed by atoms with Crippen LogP contribution in [0.1, 0.15) is 23.9 Å². The fourth-order valence-electron chi connectivity index (χ4n) is 2.59. The molecule has 4 nitrogen and oxygen atoms in total. The summed E-state index contributed by atoms with van der Waals surface area (Å²) in [5.74, 6) is 1.48. The van der Waals surface area contributed by atoms with Gasteiger partial charge in [-0.25, -0.2) is 4.98 Å². The van der Waals surface area contributed by atoms with E-state index in [4.69, 9.17) is 4.74 Å². The van der Waals surface area contributed by atoms with Crippen molar-refractivity contribution in [3.63, 3.8) is 0 Å². The SMILES string of the molecule is CCOc1ccc2c(c1)nc(CO)n2Cc1ccc(C)cc1. The molecule has 22 heavy (non-hydrogen) atoms. The van der Waals surface area contributed by atoms with E-state index in [1.54, 1.807) is 0 Å². The van der Waals surface area contributed by atoms with E-state index in [-0.39, 0.29) is 6.61 Å². The highest BCUT2D eigenvalue weighted by molar-refractivity contribution is 5.78. The molecule has 1 N–H and O–H groups in total. The van der Waals surface area contributed by atoms with Gasteiger partial charge in [-0.3, -0.25) is 0 Å². The average molecular weight is 296 g/mol. The Labute approximate surface area is 130 Å². The fourth-order valence-corrected chi connectivity index (χ4v) is 2.59. The first-order valence-electron chi connectivity index (χ1n) is 7.49. The molecule has 3 aromatic rings. The summed E-state index contributed by atoms with van der Waals surface area (Å²) in [6.45, 7) is 5.28. The highest BCUT2D eigenvalue weighted by Crippen LogP contribution is 2.23. The molecule has 0 fully saturated rings. The number of rotatable bonds is 5. The first kappa shape index (κ1) is 14.6. The van der Waals surface area contributed by atoms with Gasteiger partial charge in [0.2, 0.25) is 0 Å². The second-order valence-corrected chi connectivity index (χ2v) is 5.34. The molecule has 0 unspecified atom stereocenters. The summed E-state index contributed by atoms with van der Waals surface area (Å²) < 4.78 is 7.57. The zero-order valence-electron chi connectivity index (χ0n) is 12.9. The quantitative estimate of drug-likeness (QED) is 0.786. The van der Waals surface area contributed by atoms with Gasteiger partial charge in [-0.1, -0.05) is 29.8 Å². The molecule has 114 valence electrons. The highest BCUT2D eigenvalue weighted by atomic mass is 16.5. The zero-order valence-corrected chi connectivity index (χ0v) is 12.9. The molecular formula is C18H20N2O2. The molecule has 1 heterocycles.